The zero-order valence-corrected chi connectivity index (χ0v) is 15.7. The van der Waals surface area contributed by atoms with Gasteiger partial charge < -0.3 is 15.0 Å². The molecular formula is C19H25N5O3. The first kappa shape index (κ1) is 18.9. The standard InChI is InChI=1S/C19H25N5O3/c1-3-27-19(26)23-10-8-16(9-11-23)18(25)22-14(2)15-4-6-17(7-5-15)24-13-20-12-21-24/h4-7,12-14,16H,3,8-11H2,1-2H3,(H,22,25)/t14-/m0/s1. The first-order valence-electron chi connectivity index (χ1n) is 9.25. The summed E-state index contributed by atoms with van der Waals surface area (Å²) in [6.07, 6.45) is 4.15. The second-order valence-electron chi connectivity index (χ2n) is 6.62. The molecule has 0 radical (unpaired) electrons. The zero-order valence-electron chi connectivity index (χ0n) is 15.7. The lowest BCUT2D eigenvalue weighted by molar-refractivity contribution is -0.127. The quantitative estimate of drug-likeness (QED) is 0.871. The average molecular weight is 371 g/mol. The number of ether oxygens (including phenoxy) is 1. The van der Waals surface area contributed by atoms with Crippen molar-refractivity contribution in [3.05, 3.63) is 42.5 Å². The monoisotopic (exact) mass is 371 g/mol. The molecule has 0 unspecified atom stereocenters. The van der Waals surface area contributed by atoms with Gasteiger partial charge in [-0.1, -0.05) is 12.1 Å². The van der Waals surface area contributed by atoms with Crippen LogP contribution in [0.2, 0.25) is 0 Å². The zero-order chi connectivity index (χ0) is 19.2. The van der Waals surface area contributed by atoms with Crippen molar-refractivity contribution >= 4 is 12.0 Å². The molecule has 0 saturated carbocycles. The summed E-state index contributed by atoms with van der Waals surface area (Å²) in [7, 11) is 0. The Balaban J connectivity index is 1.51. The van der Waals surface area contributed by atoms with Crippen LogP contribution in [-0.4, -0.2) is 51.4 Å². The van der Waals surface area contributed by atoms with Crippen molar-refractivity contribution < 1.29 is 14.3 Å². The normalized spacial score (nSPS) is 16.0. The predicted molar refractivity (Wildman–Crippen MR) is 99.2 cm³/mol. The average Bonchev–Trinajstić information content (AvgIpc) is 3.23. The van der Waals surface area contributed by atoms with Crippen LogP contribution in [0.5, 0.6) is 0 Å². The summed E-state index contributed by atoms with van der Waals surface area (Å²) in [5.41, 5.74) is 1.94. The van der Waals surface area contributed by atoms with E-state index in [0.29, 0.717) is 32.5 Å². The number of piperidine rings is 1. The molecule has 1 saturated heterocycles. The molecule has 27 heavy (non-hydrogen) atoms. The molecule has 1 fully saturated rings. The van der Waals surface area contributed by atoms with E-state index >= 15 is 0 Å². The third-order valence-electron chi connectivity index (χ3n) is 4.83. The number of carbonyl (C=O) groups excluding carboxylic acids is 2. The summed E-state index contributed by atoms with van der Waals surface area (Å²) < 4.78 is 6.70. The Morgan fingerprint density at radius 3 is 2.56 bits per heavy atom. The van der Waals surface area contributed by atoms with Crippen molar-refractivity contribution in [2.24, 2.45) is 5.92 Å². The summed E-state index contributed by atoms with van der Waals surface area (Å²) in [5, 5.41) is 7.18. The van der Waals surface area contributed by atoms with Gasteiger partial charge in [0.2, 0.25) is 5.91 Å². The van der Waals surface area contributed by atoms with Crippen molar-refractivity contribution in [1.29, 1.82) is 0 Å². The van der Waals surface area contributed by atoms with Crippen LogP contribution in [0.1, 0.15) is 38.3 Å². The van der Waals surface area contributed by atoms with Gasteiger partial charge in [-0.2, -0.15) is 5.10 Å². The number of rotatable bonds is 5. The molecule has 2 aromatic rings. The van der Waals surface area contributed by atoms with Crippen LogP contribution >= 0.6 is 0 Å². The Bertz CT molecular complexity index is 752. The number of nitrogens with zero attached hydrogens (tertiary/aromatic N) is 4. The fourth-order valence-electron chi connectivity index (χ4n) is 3.21. The topological polar surface area (TPSA) is 89.4 Å². The van der Waals surface area contributed by atoms with Gasteiger partial charge in [-0.3, -0.25) is 4.79 Å². The minimum atomic E-state index is -0.294. The lowest BCUT2D eigenvalue weighted by atomic mass is 9.95. The van der Waals surface area contributed by atoms with E-state index in [0.717, 1.165) is 11.3 Å². The van der Waals surface area contributed by atoms with Crippen molar-refractivity contribution in [1.82, 2.24) is 25.0 Å². The third-order valence-corrected chi connectivity index (χ3v) is 4.83. The molecule has 1 atom stereocenters. The number of nitrogens with one attached hydrogen (secondary N) is 1. The van der Waals surface area contributed by atoms with E-state index in [1.807, 2.05) is 31.2 Å². The van der Waals surface area contributed by atoms with Crippen LogP contribution in [-0.2, 0) is 9.53 Å². The van der Waals surface area contributed by atoms with Gasteiger partial charge in [0.1, 0.15) is 12.7 Å². The molecule has 1 N–H and O–H groups in total. The Hall–Kier alpha value is -2.90. The summed E-state index contributed by atoms with van der Waals surface area (Å²) in [4.78, 5) is 29.9. The van der Waals surface area contributed by atoms with Crippen molar-refractivity contribution in [3.63, 3.8) is 0 Å². The SMILES string of the molecule is CCOC(=O)N1CCC(C(=O)N[C@@H](C)c2ccc(-n3cncn3)cc2)CC1. The summed E-state index contributed by atoms with van der Waals surface area (Å²) in [6, 6.07) is 7.76. The molecule has 2 heterocycles. The third kappa shape index (κ3) is 4.64. The number of amides is 2. The smallest absolute Gasteiger partial charge is 0.409 e. The summed E-state index contributed by atoms with van der Waals surface area (Å²) in [6.45, 7) is 5.23. The van der Waals surface area contributed by atoms with Crippen LogP contribution in [0, 0.1) is 5.92 Å². The van der Waals surface area contributed by atoms with Gasteiger partial charge in [-0.15, -0.1) is 0 Å². The lowest BCUT2D eigenvalue weighted by Crippen LogP contribution is -2.43. The number of hydrogen-bond donors (Lipinski definition) is 1. The Morgan fingerprint density at radius 2 is 1.96 bits per heavy atom. The minimum absolute atomic E-state index is 0.0337. The molecule has 0 aliphatic carbocycles. The second-order valence-corrected chi connectivity index (χ2v) is 6.62. The Morgan fingerprint density at radius 1 is 1.26 bits per heavy atom. The van der Waals surface area contributed by atoms with Gasteiger partial charge in [0.15, 0.2) is 0 Å². The molecule has 8 nitrogen and oxygen atoms in total. The molecular weight excluding hydrogens is 346 g/mol. The van der Waals surface area contributed by atoms with Crippen LogP contribution in [0.25, 0.3) is 5.69 Å². The fourth-order valence-corrected chi connectivity index (χ4v) is 3.21. The molecule has 8 heteroatoms. The molecule has 2 amide bonds. The van der Waals surface area contributed by atoms with E-state index in [1.54, 1.807) is 22.8 Å². The van der Waals surface area contributed by atoms with E-state index in [9.17, 15) is 9.59 Å². The maximum atomic E-state index is 12.6. The minimum Gasteiger partial charge on any atom is -0.450 e. The predicted octanol–water partition coefficient (Wildman–Crippen LogP) is 2.31. The molecule has 0 bridgehead atoms. The van der Waals surface area contributed by atoms with E-state index in [1.165, 1.54) is 6.33 Å². The summed E-state index contributed by atoms with van der Waals surface area (Å²) in [5.74, 6) is -0.0427. The highest BCUT2D eigenvalue weighted by Crippen LogP contribution is 2.21. The Labute approximate surface area is 158 Å². The number of likely N-dealkylation sites (tertiary alicyclic amines) is 1. The highest BCUT2D eigenvalue weighted by atomic mass is 16.6. The van der Waals surface area contributed by atoms with E-state index in [-0.39, 0.29) is 24.0 Å². The highest BCUT2D eigenvalue weighted by molar-refractivity contribution is 5.79. The molecule has 1 aliphatic heterocycles. The van der Waals surface area contributed by atoms with E-state index < -0.39 is 0 Å². The van der Waals surface area contributed by atoms with Gasteiger partial charge in [0.25, 0.3) is 0 Å². The lowest BCUT2D eigenvalue weighted by Gasteiger charge is -2.31. The van der Waals surface area contributed by atoms with Crippen LogP contribution in [0.3, 0.4) is 0 Å². The summed E-state index contributed by atoms with van der Waals surface area (Å²) >= 11 is 0. The fraction of sp³-hybridized carbons (Fsp3) is 0.474. The first-order valence-corrected chi connectivity index (χ1v) is 9.25. The Kier molecular flexibility index (Phi) is 6.05. The van der Waals surface area contributed by atoms with E-state index in [2.05, 4.69) is 15.4 Å². The number of aromatic nitrogens is 3. The maximum Gasteiger partial charge on any atom is 0.409 e. The number of hydrogen-bond acceptors (Lipinski definition) is 5. The van der Waals surface area contributed by atoms with Gasteiger partial charge >= 0.3 is 6.09 Å². The van der Waals surface area contributed by atoms with Crippen molar-refractivity contribution in [3.8, 4) is 5.69 Å². The molecule has 3 rings (SSSR count). The van der Waals surface area contributed by atoms with Gasteiger partial charge in [0.05, 0.1) is 18.3 Å². The maximum absolute atomic E-state index is 12.6. The van der Waals surface area contributed by atoms with Crippen LogP contribution in [0.15, 0.2) is 36.9 Å². The van der Waals surface area contributed by atoms with E-state index in [4.69, 9.17) is 4.74 Å². The van der Waals surface area contributed by atoms with Crippen molar-refractivity contribution in [2.45, 2.75) is 32.7 Å². The van der Waals surface area contributed by atoms with Gasteiger partial charge in [-0.05, 0) is 44.4 Å². The largest absolute Gasteiger partial charge is 0.450 e. The van der Waals surface area contributed by atoms with Gasteiger partial charge in [-0.25, -0.2) is 14.5 Å². The highest BCUT2D eigenvalue weighted by Gasteiger charge is 2.28. The molecule has 1 aromatic carbocycles. The molecule has 1 aliphatic rings. The van der Waals surface area contributed by atoms with Crippen molar-refractivity contribution in [2.75, 3.05) is 19.7 Å². The van der Waals surface area contributed by atoms with Gasteiger partial charge in [0, 0.05) is 19.0 Å². The first-order chi connectivity index (χ1) is 13.1. The molecule has 1 aromatic heterocycles. The molecule has 0 spiro atoms. The van der Waals surface area contributed by atoms with Crippen LogP contribution in [0.4, 0.5) is 4.79 Å². The number of benzene rings is 1. The second kappa shape index (κ2) is 8.66. The van der Waals surface area contributed by atoms with Crippen LogP contribution < -0.4 is 5.32 Å². The molecule has 144 valence electrons. The number of carbonyl (C=O) groups is 2.